The van der Waals surface area contributed by atoms with Gasteiger partial charge in [0.2, 0.25) is 5.88 Å². The predicted molar refractivity (Wildman–Crippen MR) is 126 cm³/mol. The van der Waals surface area contributed by atoms with Gasteiger partial charge in [-0.1, -0.05) is 0 Å². The molecule has 2 saturated heterocycles. The van der Waals surface area contributed by atoms with E-state index in [-0.39, 0.29) is 17.3 Å². The van der Waals surface area contributed by atoms with Crippen LogP contribution in [0.4, 0.5) is 15.0 Å². The number of anilines is 1. The van der Waals surface area contributed by atoms with Gasteiger partial charge in [-0.25, -0.2) is 19.2 Å². The molecule has 0 N–H and O–H groups in total. The van der Waals surface area contributed by atoms with Crippen LogP contribution in [0.2, 0.25) is 0 Å². The summed E-state index contributed by atoms with van der Waals surface area (Å²) in [5.74, 6) is 0.924. The van der Waals surface area contributed by atoms with E-state index in [1.807, 2.05) is 24.0 Å². The predicted octanol–water partition coefficient (Wildman–Crippen LogP) is 3.42. The van der Waals surface area contributed by atoms with Crippen LogP contribution in [0.5, 0.6) is 5.88 Å². The Morgan fingerprint density at radius 1 is 1.21 bits per heavy atom. The molecule has 5 rings (SSSR count). The molecule has 2 aromatic heterocycles. The molecule has 2 aromatic rings. The summed E-state index contributed by atoms with van der Waals surface area (Å²) in [6.07, 6.45) is 6.25. The number of hydrogen-bond acceptors (Lipinski definition) is 7. The number of ether oxygens (including phenoxy) is 2. The lowest BCUT2D eigenvalue weighted by molar-refractivity contribution is -0.00294. The third kappa shape index (κ3) is 4.41. The lowest BCUT2D eigenvalue weighted by Gasteiger charge is -2.48. The topological polar surface area (TPSA) is 71.0 Å². The second-order valence-electron chi connectivity index (χ2n) is 9.59. The van der Waals surface area contributed by atoms with Crippen LogP contribution in [-0.4, -0.2) is 84.9 Å². The van der Waals surface area contributed by atoms with Crippen molar-refractivity contribution < 1.29 is 18.7 Å². The summed E-state index contributed by atoms with van der Waals surface area (Å²) >= 11 is 0. The van der Waals surface area contributed by atoms with Gasteiger partial charge < -0.3 is 19.3 Å². The molecule has 2 aliphatic heterocycles. The number of methoxy groups -OCH3 is 1. The average molecular weight is 470 g/mol. The maximum absolute atomic E-state index is 14.1. The van der Waals surface area contributed by atoms with E-state index in [2.05, 4.69) is 19.8 Å². The van der Waals surface area contributed by atoms with E-state index < -0.39 is 0 Å². The molecule has 182 valence electrons. The van der Waals surface area contributed by atoms with Gasteiger partial charge in [-0.2, -0.15) is 0 Å². The third-order valence-electron chi connectivity index (χ3n) is 7.47. The number of likely N-dealkylation sites (tertiary alicyclic amines) is 1. The first-order chi connectivity index (χ1) is 16.5. The van der Waals surface area contributed by atoms with Crippen LogP contribution in [0, 0.1) is 11.2 Å². The van der Waals surface area contributed by atoms with Gasteiger partial charge >= 0.3 is 6.09 Å². The smallest absolute Gasteiger partial charge is 0.409 e. The zero-order valence-electron chi connectivity index (χ0n) is 19.9. The molecule has 0 bridgehead atoms. The number of carbonyl (C=O) groups excluding carboxylic acids is 1. The molecule has 1 aliphatic carbocycles. The molecule has 4 heterocycles. The third-order valence-corrected chi connectivity index (χ3v) is 7.47. The zero-order chi connectivity index (χ0) is 23.7. The summed E-state index contributed by atoms with van der Waals surface area (Å²) in [6.45, 7) is 7.48. The summed E-state index contributed by atoms with van der Waals surface area (Å²) in [5.41, 5.74) is 1.85. The highest BCUT2D eigenvalue weighted by molar-refractivity contribution is 5.76. The van der Waals surface area contributed by atoms with Crippen molar-refractivity contribution >= 4 is 11.9 Å². The minimum Gasteiger partial charge on any atom is -0.481 e. The fraction of sp³-hybridized carbons (Fsp3) is 0.560. The van der Waals surface area contributed by atoms with E-state index in [1.54, 1.807) is 13.3 Å². The van der Waals surface area contributed by atoms with Crippen molar-refractivity contribution in [1.82, 2.24) is 19.8 Å². The van der Waals surface area contributed by atoms with Crippen molar-refractivity contribution in [3.8, 4) is 17.0 Å². The Morgan fingerprint density at radius 3 is 2.74 bits per heavy atom. The summed E-state index contributed by atoms with van der Waals surface area (Å²) in [5, 5.41) is 0. The van der Waals surface area contributed by atoms with Crippen LogP contribution in [0.15, 0.2) is 30.6 Å². The molecule has 1 amide bonds. The highest BCUT2D eigenvalue weighted by Gasteiger charge is 2.51. The van der Waals surface area contributed by atoms with E-state index in [0.29, 0.717) is 18.5 Å². The van der Waals surface area contributed by atoms with E-state index in [1.165, 1.54) is 25.1 Å². The number of hydrogen-bond donors (Lipinski definition) is 0. The number of nitrogens with zero attached hydrogens (tertiary/aromatic N) is 5. The maximum Gasteiger partial charge on any atom is 0.409 e. The molecule has 3 aliphatic rings. The Kier molecular flexibility index (Phi) is 6.29. The Bertz CT molecular complexity index is 1040. The Balaban J connectivity index is 1.22. The Morgan fingerprint density at radius 2 is 2.00 bits per heavy atom. The number of piperazine rings is 1. The fourth-order valence-electron chi connectivity index (χ4n) is 5.77. The van der Waals surface area contributed by atoms with E-state index in [0.717, 1.165) is 62.6 Å². The van der Waals surface area contributed by atoms with E-state index in [4.69, 9.17) is 9.47 Å². The molecule has 1 spiro atoms. The molecule has 1 atom stereocenters. The van der Waals surface area contributed by atoms with Gasteiger partial charge in [0.1, 0.15) is 11.6 Å². The SMILES string of the molecule is CCOC(=O)N1CC2(CCC(N3CCN(c4ncc(F)cc4-c4ccnc(OC)c4)CC3)C2)C1. The van der Waals surface area contributed by atoms with Crippen molar-refractivity contribution in [3.63, 3.8) is 0 Å². The minimum atomic E-state index is -0.359. The van der Waals surface area contributed by atoms with Gasteiger partial charge in [0.25, 0.3) is 0 Å². The van der Waals surface area contributed by atoms with Crippen LogP contribution in [0.1, 0.15) is 26.2 Å². The molecule has 34 heavy (non-hydrogen) atoms. The fourth-order valence-corrected chi connectivity index (χ4v) is 5.77. The molecule has 1 unspecified atom stereocenters. The van der Waals surface area contributed by atoms with Crippen LogP contribution >= 0.6 is 0 Å². The molecule has 0 radical (unpaired) electrons. The second kappa shape index (κ2) is 9.37. The first kappa shape index (κ1) is 22.8. The van der Waals surface area contributed by atoms with E-state index in [9.17, 15) is 9.18 Å². The molecular weight excluding hydrogens is 437 g/mol. The number of pyridine rings is 2. The molecule has 1 saturated carbocycles. The number of halogens is 1. The second-order valence-corrected chi connectivity index (χ2v) is 9.59. The van der Waals surface area contributed by atoms with Crippen molar-refractivity contribution in [2.45, 2.75) is 32.2 Å². The van der Waals surface area contributed by atoms with Crippen molar-refractivity contribution in [3.05, 3.63) is 36.4 Å². The lowest BCUT2D eigenvalue weighted by atomic mass is 9.78. The number of aromatic nitrogens is 2. The largest absolute Gasteiger partial charge is 0.481 e. The Labute approximate surface area is 199 Å². The molecular formula is C25H32FN5O3. The quantitative estimate of drug-likeness (QED) is 0.665. The van der Waals surface area contributed by atoms with Crippen molar-refractivity contribution in [2.24, 2.45) is 5.41 Å². The van der Waals surface area contributed by atoms with Gasteiger partial charge in [-0.3, -0.25) is 4.90 Å². The van der Waals surface area contributed by atoms with E-state index >= 15 is 0 Å². The molecule has 3 fully saturated rings. The van der Waals surface area contributed by atoms with Crippen molar-refractivity contribution in [1.29, 1.82) is 0 Å². The summed E-state index contributed by atoms with van der Waals surface area (Å²) in [6, 6.07) is 5.76. The standard InChI is InChI=1S/C25H32FN5O3/c1-3-34-24(32)31-16-25(17-31)6-4-20(14-25)29-8-10-30(11-9-29)23-21(13-19(26)15-28-23)18-5-7-27-22(12-18)33-2/h5,7,12-13,15,20H,3-4,6,8-11,14,16-17H2,1-2H3. The van der Waals surface area contributed by atoms with Crippen LogP contribution in [0.25, 0.3) is 11.1 Å². The normalized spacial score (nSPS) is 22.0. The number of carbonyl (C=O) groups is 1. The number of amides is 1. The first-order valence-electron chi connectivity index (χ1n) is 12.1. The van der Waals surface area contributed by atoms with Crippen molar-refractivity contribution in [2.75, 3.05) is 57.9 Å². The Hall–Kier alpha value is -2.94. The summed E-state index contributed by atoms with van der Waals surface area (Å²) in [4.78, 5) is 27.2. The lowest BCUT2D eigenvalue weighted by Crippen LogP contribution is -2.58. The average Bonchev–Trinajstić information content (AvgIpc) is 3.29. The van der Waals surface area contributed by atoms with Crippen LogP contribution in [-0.2, 0) is 4.74 Å². The molecule has 0 aromatic carbocycles. The van der Waals surface area contributed by atoms with Crippen LogP contribution < -0.4 is 9.64 Å². The van der Waals surface area contributed by atoms with Gasteiger partial charge in [0.15, 0.2) is 0 Å². The van der Waals surface area contributed by atoms with Gasteiger partial charge in [-0.15, -0.1) is 0 Å². The van der Waals surface area contributed by atoms with Gasteiger partial charge in [0, 0.05) is 68.6 Å². The first-order valence-corrected chi connectivity index (χ1v) is 12.1. The zero-order valence-corrected chi connectivity index (χ0v) is 19.9. The van der Waals surface area contributed by atoms with Crippen LogP contribution in [0.3, 0.4) is 0 Å². The summed E-state index contributed by atoms with van der Waals surface area (Å²) < 4.78 is 24.5. The van der Waals surface area contributed by atoms with Gasteiger partial charge in [0.05, 0.1) is 19.9 Å². The highest BCUT2D eigenvalue weighted by Crippen LogP contribution is 2.47. The highest BCUT2D eigenvalue weighted by atomic mass is 19.1. The van der Waals surface area contributed by atoms with Gasteiger partial charge in [-0.05, 0) is 43.9 Å². The summed E-state index contributed by atoms with van der Waals surface area (Å²) in [7, 11) is 1.57. The maximum atomic E-state index is 14.1. The molecule has 9 heteroatoms. The monoisotopic (exact) mass is 469 g/mol. The minimum absolute atomic E-state index is 0.181. The number of rotatable bonds is 5. The molecule has 8 nitrogen and oxygen atoms in total.